The number of hydrogen-bond acceptors (Lipinski definition) is 1. The van der Waals surface area contributed by atoms with Crippen LogP contribution in [0.15, 0.2) is 66.9 Å². The standard InChI is InChI=1S/C17H11F2N/c18-14-6-1-4-12(10-14)16-8-3-9-20-17(16)13-5-2-7-15(19)11-13/h1-11H. The first-order chi connectivity index (χ1) is 9.74. The van der Waals surface area contributed by atoms with Crippen LogP contribution in [0.1, 0.15) is 0 Å². The molecule has 0 amide bonds. The molecular weight excluding hydrogens is 256 g/mol. The van der Waals surface area contributed by atoms with Gasteiger partial charge >= 0.3 is 0 Å². The van der Waals surface area contributed by atoms with E-state index in [0.717, 1.165) is 11.1 Å². The van der Waals surface area contributed by atoms with Crippen molar-refractivity contribution in [3.05, 3.63) is 78.5 Å². The molecular formula is C17H11F2N. The minimum Gasteiger partial charge on any atom is -0.256 e. The summed E-state index contributed by atoms with van der Waals surface area (Å²) in [5.41, 5.74) is 2.80. The Morgan fingerprint density at radius 3 is 2.05 bits per heavy atom. The predicted molar refractivity (Wildman–Crippen MR) is 75.0 cm³/mol. The van der Waals surface area contributed by atoms with Gasteiger partial charge in [-0.05, 0) is 35.9 Å². The molecule has 20 heavy (non-hydrogen) atoms. The van der Waals surface area contributed by atoms with E-state index in [-0.39, 0.29) is 11.6 Å². The zero-order valence-corrected chi connectivity index (χ0v) is 10.6. The molecule has 0 N–H and O–H groups in total. The molecule has 1 aromatic heterocycles. The highest BCUT2D eigenvalue weighted by Gasteiger charge is 2.09. The van der Waals surface area contributed by atoms with Crippen LogP contribution in [0.5, 0.6) is 0 Å². The largest absolute Gasteiger partial charge is 0.256 e. The van der Waals surface area contributed by atoms with Gasteiger partial charge in [-0.25, -0.2) is 8.78 Å². The van der Waals surface area contributed by atoms with Crippen molar-refractivity contribution >= 4 is 0 Å². The van der Waals surface area contributed by atoms with E-state index in [9.17, 15) is 8.78 Å². The van der Waals surface area contributed by atoms with Crippen molar-refractivity contribution in [2.75, 3.05) is 0 Å². The van der Waals surface area contributed by atoms with Crippen LogP contribution in [-0.4, -0.2) is 4.98 Å². The van der Waals surface area contributed by atoms with Crippen molar-refractivity contribution in [2.45, 2.75) is 0 Å². The molecule has 0 aliphatic heterocycles. The number of hydrogen-bond donors (Lipinski definition) is 0. The molecule has 3 aromatic rings. The van der Waals surface area contributed by atoms with Crippen molar-refractivity contribution in [3.63, 3.8) is 0 Å². The summed E-state index contributed by atoms with van der Waals surface area (Å²) in [6.07, 6.45) is 1.64. The molecule has 0 bridgehead atoms. The molecule has 0 saturated carbocycles. The number of aromatic nitrogens is 1. The highest BCUT2D eigenvalue weighted by molar-refractivity contribution is 5.80. The number of benzene rings is 2. The van der Waals surface area contributed by atoms with E-state index in [1.807, 2.05) is 12.1 Å². The van der Waals surface area contributed by atoms with Crippen molar-refractivity contribution in [1.82, 2.24) is 4.98 Å². The predicted octanol–water partition coefficient (Wildman–Crippen LogP) is 4.69. The van der Waals surface area contributed by atoms with Crippen LogP contribution in [0.3, 0.4) is 0 Å². The van der Waals surface area contributed by atoms with Crippen molar-refractivity contribution in [1.29, 1.82) is 0 Å². The fourth-order valence-corrected chi connectivity index (χ4v) is 2.16. The fraction of sp³-hybridized carbons (Fsp3) is 0. The van der Waals surface area contributed by atoms with Crippen LogP contribution in [-0.2, 0) is 0 Å². The summed E-state index contributed by atoms with van der Waals surface area (Å²) in [5.74, 6) is -0.630. The van der Waals surface area contributed by atoms with Gasteiger partial charge in [-0.15, -0.1) is 0 Å². The summed E-state index contributed by atoms with van der Waals surface area (Å²) < 4.78 is 26.7. The Hall–Kier alpha value is -2.55. The zero-order valence-electron chi connectivity index (χ0n) is 10.6. The van der Waals surface area contributed by atoms with Gasteiger partial charge in [0.05, 0.1) is 5.69 Å². The van der Waals surface area contributed by atoms with E-state index in [0.29, 0.717) is 11.3 Å². The summed E-state index contributed by atoms with van der Waals surface area (Å²) in [7, 11) is 0. The lowest BCUT2D eigenvalue weighted by atomic mass is 9.99. The van der Waals surface area contributed by atoms with E-state index in [1.54, 1.807) is 30.5 Å². The van der Waals surface area contributed by atoms with Gasteiger partial charge in [0, 0.05) is 17.3 Å². The second-order valence-electron chi connectivity index (χ2n) is 4.42. The van der Waals surface area contributed by atoms with Crippen molar-refractivity contribution < 1.29 is 8.78 Å². The molecule has 0 aliphatic rings. The summed E-state index contributed by atoms with van der Waals surface area (Å²) in [5, 5.41) is 0. The second-order valence-corrected chi connectivity index (χ2v) is 4.42. The smallest absolute Gasteiger partial charge is 0.123 e. The average molecular weight is 267 g/mol. The molecule has 0 unspecified atom stereocenters. The summed E-state index contributed by atoms with van der Waals surface area (Å²) in [6, 6.07) is 16.1. The van der Waals surface area contributed by atoms with Gasteiger partial charge in [-0.3, -0.25) is 4.98 Å². The molecule has 1 nitrogen and oxygen atoms in total. The van der Waals surface area contributed by atoms with Crippen LogP contribution in [0.25, 0.3) is 22.4 Å². The Labute approximate surface area is 115 Å². The maximum atomic E-state index is 13.4. The zero-order chi connectivity index (χ0) is 13.9. The molecule has 0 saturated heterocycles. The molecule has 1 heterocycles. The van der Waals surface area contributed by atoms with Gasteiger partial charge in [0.25, 0.3) is 0 Å². The van der Waals surface area contributed by atoms with Crippen LogP contribution in [0, 0.1) is 11.6 Å². The first-order valence-corrected chi connectivity index (χ1v) is 6.21. The van der Waals surface area contributed by atoms with Crippen molar-refractivity contribution in [2.24, 2.45) is 0 Å². The average Bonchev–Trinajstić information content (AvgIpc) is 2.47. The quantitative estimate of drug-likeness (QED) is 0.656. The monoisotopic (exact) mass is 267 g/mol. The molecule has 3 heteroatoms. The van der Waals surface area contributed by atoms with Gasteiger partial charge in [0.15, 0.2) is 0 Å². The molecule has 0 spiro atoms. The first kappa shape index (κ1) is 12.5. The minimum absolute atomic E-state index is 0.309. The van der Waals surface area contributed by atoms with Gasteiger partial charge in [-0.1, -0.05) is 30.3 Å². The van der Waals surface area contributed by atoms with Gasteiger partial charge in [0.2, 0.25) is 0 Å². The third-order valence-electron chi connectivity index (χ3n) is 3.04. The number of pyridine rings is 1. The molecule has 3 rings (SSSR count). The molecule has 98 valence electrons. The Morgan fingerprint density at radius 2 is 1.35 bits per heavy atom. The molecule has 0 aliphatic carbocycles. The first-order valence-electron chi connectivity index (χ1n) is 6.21. The Morgan fingerprint density at radius 1 is 0.700 bits per heavy atom. The highest BCUT2D eigenvalue weighted by atomic mass is 19.1. The number of halogens is 2. The lowest BCUT2D eigenvalue weighted by Gasteiger charge is -2.09. The third-order valence-corrected chi connectivity index (χ3v) is 3.04. The summed E-state index contributed by atoms with van der Waals surface area (Å²) >= 11 is 0. The topological polar surface area (TPSA) is 12.9 Å². The van der Waals surface area contributed by atoms with Crippen LogP contribution >= 0.6 is 0 Å². The lowest BCUT2D eigenvalue weighted by molar-refractivity contribution is 0.627. The van der Waals surface area contributed by atoms with Crippen LogP contribution in [0.2, 0.25) is 0 Å². The third kappa shape index (κ3) is 2.43. The van der Waals surface area contributed by atoms with Gasteiger partial charge in [-0.2, -0.15) is 0 Å². The normalized spacial score (nSPS) is 10.5. The Balaban J connectivity index is 2.18. The molecule has 0 atom stereocenters. The van der Waals surface area contributed by atoms with E-state index in [4.69, 9.17) is 0 Å². The molecule has 0 fully saturated rings. The lowest BCUT2D eigenvalue weighted by Crippen LogP contribution is -1.90. The van der Waals surface area contributed by atoms with Crippen LogP contribution in [0.4, 0.5) is 8.78 Å². The van der Waals surface area contributed by atoms with E-state index in [1.165, 1.54) is 24.3 Å². The number of rotatable bonds is 2. The number of nitrogens with zero attached hydrogens (tertiary/aromatic N) is 1. The second kappa shape index (κ2) is 5.21. The van der Waals surface area contributed by atoms with E-state index < -0.39 is 0 Å². The highest BCUT2D eigenvalue weighted by Crippen LogP contribution is 2.30. The van der Waals surface area contributed by atoms with Gasteiger partial charge in [0.1, 0.15) is 11.6 Å². The minimum atomic E-state index is -0.321. The van der Waals surface area contributed by atoms with E-state index in [2.05, 4.69) is 4.98 Å². The molecule has 0 radical (unpaired) electrons. The summed E-state index contributed by atoms with van der Waals surface area (Å²) in [6.45, 7) is 0. The maximum Gasteiger partial charge on any atom is 0.123 e. The van der Waals surface area contributed by atoms with E-state index >= 15 is 0 Å². The Kier molecular flexibility index (Phi) is 3.25. The fourth-order valence-electron chi connectivity index (χ4n) is 2.16. The maximum absolute atomic E-state index is 13.4. The SMILES string of the molecule is Fc1cccc(-c2cccnc2-c2cccc(F)c2)c1. The van der Waals surface area contributed by atoms with Gasteiger partial charge < -0.3 is 0 Å². The van der Waals surface area contributed by atoms with Crippen LogP contribution < -0.4 is 0 Å². The molecule has 2 aromatic carbocycles. The summed E-state index contributed by atoms with van der Waals surface area (Å²) in [4.78, 5) is 4.31. The van der Waals surface area contributed by atoms with Crippen molar-refractivity contribution in [3.8, 4) is 22.4 Å². The Bertz CT molecular complexity index is 689.